The number of ketones is 2. The maximum atomic E-state index is 12.4. The second kappa shape index (κ2) is 60.8. The summed E-state index contributed by atoms with van der Waals surface area (Å²) in [5.41, 5.74) is 0. The van der Waals surface area contributed by atoms with Crippen LogP contribution in [0.1, 0.15) is 168 Å². The minimum absolute atomic E-state index is 0. The van der Waals surface area contributed by atoms with Gasteiger partial charge in [0.05, 0.1) is 44.9 Å². The lowest BCUT2D eigenvalue weighted by Crippen LogP contribution is -2.29. The van der Waals surface area contributed by atoms with Crippen LogP contribution in [0.3, 0.4) is 0 Å². The Balaban J connectivity index is -0.000000829. The van der Waals surface area contributed by atoms with Gasteiger partial charge in [0, 0.05) is 51.8 Å². The zero-order chi connectivity index (χ0) is 44.5. The molecule has 404 valence electrons. The first-order chi connectivity index (χ1) is 28.9. The number of carbonyl (C=O) groups is 7. The Morgan fingerprint density at radius 1 is 0.418 bits per heavy atom. The fourth-order valence-electron chi connectivity index (χ4n) is 6.28. The van der Waals surface area contributed by atoms with Crippen LogP contribution in [0.4, 0.5) is 0 Å². The maximum absolute atomic E-state index is 12.4. The molecule has 2 atom stereocenters. The number of hydrogen-bond acceptors (Lipinski definition) is 11. The summed E-state index contributed by atoms with van der Waals surface area (Å²) in [4.78, 5) is 81.4. The summed E-state index contributed by atoms with van der Waals surface area (Å²) in [6.45, 7) is 3.81. The molecule has 2 amide bonds. The zero-order valence-electron chi connectivity index (χ0n) is 39.5. The number of nitrogens with one attached hydrogen (secondary N) is 2. The van der Waals surface area contributed by atoms with Gasteiger partial charge in [0.15, 0.2) is 5.78 Å². The van der Waals surface area contributed by atoms with E-state index in [1.165, 1.54) is 44.9 Å². The monoisotopic (exact) mass is 1080 g/mol. The van der Waals surface area contributed by atoms with Crippen LogP contribution in [-0.4, -0.2) is 123 Å². The van der Waals surface area contributed by atoms with Gasteiger partial charge in [0.2, 0.25) is 11.8 Å². The van der Waals surface area contributed by atoms with Crippen LogP contribution >= 0.6 is 81.0 Å². The molecule has 0 aromatic rings. The van der Waals surface area contributed by atoms with Crippen LogP contribution in [0, 0.1) is 11.8 Å². The molecule has 0 aliphatic heterocycles. The highest BCUT2D eigenvalue weighted by Crippen LogP contribution is 2.17. The van der Waals surface area contributed by atoms with E-state index >= 15 is 0 Å². The van der Waals surface area contributed by atoms with Crippen LogP contribution < -0.4 is 10.6 Å². The molecule has 16 nitrogen and oxygen atoms in total. The van der Waals surface area contributed by atoms with Crippen LogP contribution in [0.5, 0.6) is 0 Å². The molecule has 0 heterocycles. The number of carboxylic acid groups (broad SMARTS) is 3. The number of ether oxygens (including phenoxy) is 4. The first-order valence-electron chi connectivity index (χ1n) is 22.5. The molecule has 0 fully saturated rings. The van der Waals surface area contributed by atoms with Crippen molar-refractivity contribution in [3.8, 4) is 0 Å². The van der Waals surface area contributed by atoms with E-state index in [4.69, 9.17) is 29.2 Å². The molecule has 0 spiro atoms. The van der Waals surface area contributed by atoms with Crippen LogP contribution in [0.2, 0.25) is 0 Å². The second-order valence-corrected chi connectivity index (χ2v) is 15.6. The number of unbranched alkanes of at least 4 members (excludes halogenated alkanes) is 14. The maximum Gasteiger partial charge on any atom is 0.306 e. The normalized spacial score (nSPS) is 10.9. The van der Waals surface area contributed by atoms with Gasteiger partial charge in [0.25, 0.3) is 0 Å². The fraction of sp³-hybridized carbons (Fsp3) is 0.844. The first-order valence-corrected chi connectivity index (χ1v) is 22.5. The Kier molecular flexibility index (Phi) is 74.8. The highest BCUT2D eigenvalue weighted by atomic mass is 32.1. The summed E-state index contributed by atoms with van der Waals surface area (Å²) >= 11 is 0. The summed E-state index contributed by atoms with van der Waals surface area (Å²) in [7, 11) is 0. The van der Waals surface area contributed by atoms with E-state index in [1.807, 2.05) is 0 Å². The summed E-state index contributed by atoms with van der Waals surface area (Å²) < 4.78 is 21.4. The van der Waals surface area contributed by atoms with Gasteiger partial charge in [-0.15, -0.1) is 0 Å². The van der Waals surface area contributed by atoms with Crippen molar-refractivity contribution in [1.29, 1.82) is 0 Å². The van der Waals surface area contributed by atoms with Gasteiger partial charge < -0.3 is 44.9 Å². The summed E-state index contributed by atoms with van der Waals surface area (Å²) in [6, 6.07) is 0. The Morgan fingerprint density at radius 2 is 0.866 bits per heavy atom. The standard InChI is InChI=1S/C44H78N2O14.CH4.6H2S/c1-36(43(53)54)19-16-17-25-45-41(50)35-60-32-29-57-27-18-21-39(48)34-59-31-30-58-28-26-46-40(49)24-23-37(44(55)56)33-38(47)20-14-12-10-8-6-4-2-3-5-7-9-11-13-15-22-42(51)52;;;;;;;/h36-37H,2-35H2,1H3,(H,45,50)(H,46,49)(H,51,52)(H,53,54)(H,55,56);1H4;6*1H2/t36-,37?;;;;;;;/m0......./s1. The SMILES string of the molecule is C.C[C@@H](CCCCNC(=O)COCCOCCCC(=O)COCCOCCNC(=O)CCC(CC(=O)CCCCCCCCCCCCCCCCC(=O)O)C(=O)O)C(=O)O.S.S.S.S.S.S. The third-order valence-electron chi connectivity index (χ3n) is 10.0. The minimum atomic E-state index is -1.07. The largest absolute Gasteiger partial charge is 0.481 e. The lowest BCUT2D eigenvalue weighted by Gasteiger charge is -2.12. The Hall–Kier alpha value is -1.37. The average Bonchev–Trinajstić information content (AvgIpc) is 3.20. The predicted octanol–water partition coefficient (Wildman–Crippen LogP) is 7.60. The van der Waals surface area contributed by atoms with E-state index in [1.54, 1.807) is 6.92 Å². The van der Waals surface area contributed by atoms with E-state index in [-0.39, 0.29) is 184 Å². The molecule has 67 heavy (non-hydrogen) atoms. The highest BCUT2D eigenvalue weighted by Gasteiger charge is 2.22. The molecule has 0 radical (unpaired) electrons. The molecule has 0 saturated carbocycles. The van der Waals surface area contributed by atoms with Gasteiger partial charge in [-0.25, -0.2) is 0 Å². The van der Waals surface area contributed by atoms with E-state index in [0.29, 0.717) is 51.9 Å². The number of carbonyl (C=O) groups excluding carboxylic acids is 4. The molecule has 0 aliphatic rings. The first kappa shape index (κ1) is 82.5. The lowest BCUT2D eigenvalue weighted by atomic mass is 9.94. The fourth-order valence-corrected chi connectivity index (χ4v) is 6.28. The van der Waals surface area contributed by atoms with Crippen molar-refractivity contribution in [1.82, 2.24) is 10.6 Å². The van der Waals surface area contributed by atoms with E-state index in [0.717, 1.165) is 51.4 Å². The third kappa shape index (κ3) is 60.7. The van der Waals surface area contributed by atoms with Gasteiger partial charge >= 0.3 is 17.9 Å². The van der Waals surface area contributed by atoms with Crippen LogP contribution in [-0.2, 0) is 52.5 Å². The van der Waals surface area contributed by atoms with Gasteiger partial charge in [-0.1, -0.05) is 97.8 Å². The van der Waals surface area contributed by atoms with Gasteiger partial charge in [-0.05, 0) is 38.5 Å². The van der Waals surface area contributed by atoms with Gasteiger partial charge in [-0.2, -0.15) is 81.0 Å². The van der Waals surface area contributed by atoms with E-state index in [9.17, 15) is 38.7 Å². The molecular formula is C45H94N2O14S6. The Labute approximate surface area is 444 Å². The molecule has 5 N–H and O–H groups in total. The number of amides is 2. The van der Waals surface area contributed by atoms with Crippen molar-refractivity contribution in [3.63, 3.8) is 0 Å². The van der Waals surface area contributed by atoms with Crippen molar-refractivity contribution >= 4 is 122 Å². The number of rotatable bonds is 46. The molecule has 0 aromatic carbocycles. The smallest absolute Gasteiger partial charge is 0.306 e. The predicted molar refractivity (Wildman–Crippen MR) is 295 cm³/mol. The second-order valence-electron chi connectivity index (χ2n) is 15.6. The third-order valence-corrected chi connectivity index (χ3v) is 10.0. The number of carboxylic acids is 3. The van der Waals surface area contributed by atoms with Crippen LogP contribution in [0.15, 0.2) is 0 Å². The molecule has 0 rings (SSSR count). The molecular weight excluding hydrogens is 985 g/mol. The van der Waals surface area contributed by atoms with Crippen molar-refractivity contribution in [2.75, 3.05) is 65.9 Å². The lowest BCUT2D eigenvalue weighted by molar-refractivity contribution is -0.144. The quantitative estimate of drug-likeness (QED) is 0.0369. The number of aliphatic carboxylic acids is 3. The van der Waals surface area contributed by atoms with Crippen molar-refractivity contribution in [3.05, 3.63) is 0 Å². The van der Waals surface area contributed by atoms with E-state index in [2.05, 4.69) is 10.6 Å². The Bertz CT molecular complexity index is 1200. The van der Waals surface area contributed by atoms with Crippen LogP contribution in [0.25, 0.3) is 0 Å². The number of hydrogen-bond donors (Lipinski definition) is 5. The molecule has 0 bridgehead atoms. The van der Waals surface area contributed by atoms with Crippen molar-refractivity contribution < 1.29 is 67.8 Å². The zero-order valence-corrected chi connectivity index (χ0v) is 45.5. The summed E-state index contributed by atoms with van der Waals surface area (Å²) in [5, 5.41) is 32.5. The van der Waals surface area contributed by atoms with E-state index < -0.39 is 29.7 Å². The van der Waals surface area contributed by atoms with Gasteiger partial charge in [0.1, 0.15) is 19.0 Å². The summed E-state index contributed by atoms with van der Waals surface area (Å²) in [6.07, 6.45) is 18.8. The highest BCUT2D eigenvalue weighted by molar-refractivity contribution is 7.60. The number of Topliss-reactive ketones (excluding diaryl/α,β-unsaturated/α-hetero) is 2. The van der Waals surface area contributed by atoms with Gasteiger partial charge in [-0.3, -0.25) is 33.6 Å². The Morgan fingerprint density at radius 3 is 1.37 bits per heavy atom. The minimum Gasteiger partial charge on any atom is -0.481 e. The molecule has 22 heteroatoms. The summed E-state index contributed by atoms with van der Waals surface area (Å²) in [5.74, 6) is -4.58. The topological polar surface area (TPSA) is 241 Å². The van der Waals surface area contributed by atoms with Crippen molar-refractivity contribution in [2.45, 2.75) is 168 Å². The van der Waals surface area contributed by atoms with Crippen molar-refractivity contribution in [2.24, 2.45) is 11.8 Å². The molecule has 0 aliphatic carbocycles. The average molecular weight is 1080 g/mol. The molecule has 0 aromatic heterocycles. The molecule has 1 unspecified atom stereocenters. The molecule has 0 saturated heterocycles.